The fraction of sp³-hybridized carbons (Fsp3) is 0.176. The number of aliphatic hydroxyl groups excluding tert-OH is 2. The molecule has 0 aromatic heterocycles. The monoisotopic (exact) mass is 254 g/mol. The van der Waals surface area contributed by atoms with E-state index in [1.54, 1.807) is 0 Å². The van der Waals surface area contributed by atoms with Gasteiger partial charge >= 0.3 is 0 Å². The van der Waals surface area contributed by atoms with Crippen molar-refractivity contribution in [2.45, 2.75) is 12.5 Å². The molecule has 0 saturated carbocycles. The molecule has 98 valence electrons. The van der Waals surface area contributed by atoms with Gasteiger partial charge in [0.25, 0.3) is 0 Å². The Kier molecular flexibility index (Phi) is 4.50. The van der Waals surface area contributed by atoms with Gasteiger partial charge in [-0.25, -0.2) is 0 Å². The fourth-order valence-corrected chi connectivity index (χ4v) is 2.04. The molecule has 1 unspecified atom stereocenters. The van der Waals surface area contributed by atoms with Crippen LogP contribution in [0.5, 0.6) is 0 Å². The first kappa shape index (κ1) is 13.5. The van der Waals surface area contributed by atoms with Crippen LogP contribution in [0.1, 0.15) is 29.2 Å². The maximum atomic E-state index is 10.3. The van der Waals surface area contributed by atoms with Crippen molar-refractivity contribution in [2.24, 2.45) is 0 Å². The van der Waals surface area contributed by atoms with E-state index in [4.69, 9.17) is 5.11 Å². The number of rotatable bonds is 5. The summed E-state index contributed by atoms with van der Waals surface area (Å²) in [5, 5.41) is 19.3. The highest BCUT2D eigenvalue weighted by atomic mass is 16.3. The van der Waals surface area contributed by atoms with Gasteiger partial charge < -0.3 is 10.2 Å². The molecule has 0 bridgehead atoms. The number of aliphatic hydroxyl groups is 2. The molecule has 0 aliphatic carbocycles. The minimum absolute atomic E-state index is 0.0876. The van der Waals surface area contributed by atoms with Crippen molar-refractivity contribution in [3.8, 4) is 0 Å². The molecule has 2 N–H and O–H groups in total. The molecule has 2 aromatic carbocycles. The molecule has 0 fully saturated rings. The molecule has 19 heavy (non-hydrogen) atoms. The second kappa shape index (κ2) is 6.32. The van der Waals surface area contributed by atoms with Gasteiger partial charge in [-0.1, -0.05) is 55.1 Å². The summed E-state index contributed by atoms with van der Waals surface area (Å²) < 4.78 is 0. The lowest BCUT2D eigenvalue weighted by atomic mass is 9.97. The van der Waals surface area contributed by atoms with Crippen molar-refractivity contribution < 1.29 is 10.2 Å². The normalized spacial score (nSPS) is 12.1. The summed E-state index contributed by atoms with van der Waals surface area (Å²) in [5.41, 5.74) is 3.54. The molecule has 2 aromatic rings. The molecule has 2 rings (SSSR count). The minimum Gasteiger partial charge on any atom is -0.396 e. The summed E-state index contributed by atoms with van der Waals surface area (Å²) in [6.45, 7) is 4.03. The molecule has 0 heterocycles. The Labute approximate surface area is 113 Å². The lowest BCUT2D eigenvalue weighted by Gasteiger charge is -2.13. The van der Waals surface area contributed by atoms with Crippen LogP contribution < -0.4 is 0 Å². The van der Waals surface area contributed by atoms with Crippen LogP contribution in [0.25, 0.3) is 5.57 Å². The molecule has 2 nitrogen and oxygen atoms in total. The first-order valence-electron chi connectivity index (χ1n) is 6.34. The Hall–Kier alpha value is -1.90. The SMILES string of the molecule is C=C(CCO)c1cccc(C(O)c2ccccc2)c1. The predicted molar refractivity (Wildman–Crippen MR) is 77.7 cm³/mol. The van der Waals surface area contributed by atoms with E-state index in [1.165, 1.54) is 0 Å². The van der Waals surface area contributed by atoms with E-state index < -0.39 is 6.10 Å². The fourth-order valence-electron chi connectivity index (χ4n) is 2.04. The van der Waals surface area contributed by atoms with Crippen molar-refractivity contribution in [2.75, 3.05) is 6.61 Å². The van der Waals surface area contributed by atoms with Gasteiger partial charge in [-0.15, -0.1) is 0 Å². The molecule has 1 atom stereocenters. The first-order chi connectivity index (χ1) is 9.22. The van der Waals surface area contributed by atoms with Crippen molar-refractivity contribution in [3.63, 3.8) is 0 Å². The van der Waals surface area contributed by atoms with E-state index in [0.717, 1.165) is 22.3 Å². The summed E-state index contributed by atoms with van der Waals surface area (Å²) in [5.74, 6) is 0. The summed E-state index contributed by atoms with van der Waals surface area (Å²) >= 11 is 0. The zero-order valence-electron chi connectivity index (χ0n) is 10.8. The molecule has 0 saturated heterocycles. The number of hydrogen-bond donors (Lipinski definition) is 2. The average Bonchev–Trinajstić information content (AvgIpc) is 2.48. The van der Waals surface area contributed by atoms with Gasteiger partial charge in [-0.05, 0) is 34.8 Å². The highest BCUT2D eigenvalue weighted by molar-refractivity contribution is 5.64. The van der Waals surface area contributed by atoms with E-state index in [0.29, 0.717) is 6.42 Å². The third-order valence-corrected chi connectivity index (χ3v) is 3.14. The van der Waals surface area contributed by atoms with Crippen LogP contribution in [-0.2, 0) is 0 Å². The zero-order valence-corrected chi connectivity index (χ0v) is 10.8. The molecule has 0 radical (unpaired) electrons. The molecular weight excluding hydrogens is 236 g/mol. The summed E-state index contributed by atoms with van der Waals surface area (Å²) in [6.07, 6.45) is -0.0895. The van der Waals surface area contributed by atoms with Gasteiger partial charge in [0.15, 0.2) is 0 Å². The van der Waals surface area contributed by atoms with Gasteiger partial charge in [-0.3, -0.25) is 0 Å². The highest BCUT2D eigenvalue weighted by Crippen LogP contribution is 2.25. The van der Waals surface area contributed by atoms with Gasteiger partial charge in [0, 0.05) is 6.61 Å². The Morgan fingerprint density at radius 3 is 2.37 bits per heavy atom. The van der Waals surface area contributed by atoms with Crippen molar-refractivity contribution in [3.05, 3.63) is 77.9 Å². The smallest absolute Gasteiger partial charge is 0.104 e. The molecule has 0 amide bonds. The quantitative estimate of drug-likeness (QED) is 0.860. The van der Waals surface area contributed by atoms with Crippen LogP contribution >= 0.6 is 0 Å². The van der Waals surface area contributed by atoms with Crippen LogP contribution in [0.2, 0.25) is 0 Å². The minimum atomic E-state index is -0.636. The van der Waals surface area contributed by atoms with E-state index in [2.05, 4.69) is 6.58 Å². The lowest BCUT2D eigenvalue weighted by molar-refractivity contribution is 0.220. The van der Waals surface area contributed by atoms with E-state index in [9.17, 15) is 5.11 Å². The lowest BCUT2D eigenvalue weighted by Crippen LogP contribution is -2.00. The van der Waals surface area contributed by atoms with Crippen molar-refractivity contribution >= 4 is 5.57 Å². The van der Waals surface area contributed by atoms with Crippen LogP contribution in [0.3, 0.4) is 0 Å². The predicted octanol–water partition coefficient (Wildman–Crippen LogP) is 3.16. The Morgan fingerprint density at radius 2 is 1.68 bits per heavy atom. The van der Waals surface area contributed by atoms with Crippen molar-refractivity contribution in [1.82, 2.24) is 0 Å². The van der Waals surface area contributed by atoms with Gasteiger partial charge in [0.1, 0.15) is 6.10 Å². The Morgan fingerprint density at radius 1 is 1.00 bits per heavy atom. The highest BCUT2D eigenvalue weighted by Gasteiger charge is 2.10. The van der Waals surface area contributed by atoms with Gasteiger partial charge in [0.05, 0.1) is 0 Å². The molecule has 2 heteroatoms. The zero-order chi connectivity index (χ0) is 13.7. The largest absolute Gasteiger partial charge is 0.396 e. The van der Waals surface area contributed by atoms with E-state index in [-0.39, 0.29) is 6.61 Å². The molecular formula is C17H18O2. The topological polar surface area (TPSA) is 40.5 Å². The Balaban J connectivity index is 2.26. The molecule has 0 aliphatic heterocycles. The maximum absolute atomic E-state index is 10.3. The Bertz CT molecular complexity index is 546. The molecule has 0 spiro atoms. The summed E-state index contributed by atoms with van der Waals surface area (Å²) in [4.78, 5) is 0. The van der Waals surface area contributed by atoms with Crippen LogP contribution in [0, 0.1) is 0 Å². The average molecular weight is 254 g/mol. The van der Waals surface area contributed by atoms with E-state index >= 15 is 0 Å². The van der Waals surface area contributed by atoms with Crippen LogP contribution in [0.15, 0.2) is 61.2 Å². The van der Waals surface area contributed by atoms with Crippen LogP contribution in [0.4, 0.5) is 0 Å². The molecule has 0 aliphatic rings. The summed E-state index contributed by atoms with van der Waals surface area (Å²) in [6, 6.07) is 17.2. The number of hydrogen-bond acceptors (Lipinski definition) is 2. The van der Waals surface area contributed by atoms with Crippen molar-refractivity contribution in [1.29, 1.82) is 0 Å². The standard InChI is InChI=1S/C17H18O2/c1-13(10-11-18)15-8-5-9-16(12-15)17(19)14-6-3-2-4-7-14/h2-9,12,17-19H,1,10-11H2. The van der Waals surface area contributed by atoms with Crippen LogP contribution in [-0.4, -0.2) is 16.8 Å². The van der Waals surface area contributed by atoms with Gasteiger partial charge in [0.2, 0.25) is 0 Å². The number of benzene rings is 2. The third kappa shape index (κ3) is 3.31. The van der Waals surface area contributed by atoms with Gasteiger partial charge in [-0.2, -0.15) is 0 Å². The second-order valence-corrected chi connectivity index (χ2v) is 4.52. The summed E-state index contributed by atoms with van der Waals surface area (Å²) in [7, 11) is 0. The third-order valence-electron chi connectivity index (χ3n) is 3.14. The maximum Gasteiger partial charge on any atom is 0.104 e. The second-order valence-electron chi connectivity index (χ2n) is 4.52. The van der Waals surface area contributed by atoms with E-state index in [1.807, 2.05) is 54.6 Å². The first-order valence-corrected chi connectivity index (χ1v) is 6.34.